The number of hydrogen-bond donors (Lipinski definition) is 1. The number of carbonyl (C=O) groups excluding carboxylic acids is 2. The minimum Gasteiger partial charge on any atom is -0.335 e. The molecule has 0 radical (unpaired) electrons. The number of nitrogens with zero attached hydrogens (tertiary/aromatic N) is 5. The normalized spacial score (nSPS) is 16.2. The first-order chi connectivity index (χ1) is 14.0. The SMILES string of the molecule is C=CC(=O)N1CC(N2Cc3ncn(-c4c(C)ccc5[nH]ncc45)c(=O)c3C2=O)C1. The van der Waals surface area contributed by atoms with Crippen molar-refractivity contribution in [1.29, 1.82) is 0 Å². The molecule has 3 aromatic rings. The first-order valence-electron chi connectivity index (χ1n) is 9.25. The molecule has 146 valence electrons. The van der Waals surface area contributed by atoms with E-state index in [0.717, 1.165) is 16.5 Å². The van der Waals surface area contributed by atoms with Gasteiger partial charge in [-0.1, -0.05) is 12.6 Å². The maximum absolute atomic E-state index is 13.2. The van der Waals surface area contributed by atoms with Crippen molar-refractivity contribution >= 4 is 22.7 Å². The van der Waals surface area contributed by atoms with E-state index in [1.54, 1.807) is 16.0 Å². The minimum atomic E-state index is -0.391. The molecule has 2 aliphatic rings. The van der Waals surface area contributed by atoms with Crippen molar-refractivity contribution in [3.05, 3.63) is 64.5 Å². The summed E-state index contributed by atoms with van der Waals surface area (Å²) in [5, 5.41) is 7.73. The molecule has 1 saturated heterocycles. The van der Waals surface area contributed by atoms with Crippen LogP contribution in [0.4, 0.5) is 0 Å². The molecule has 0 bridgehead atoms. The van der Waals surface area contributed by atoms with Gasteiger partial charge >= 0.3 is 0 Å². The van der Waals surface area contributed by atoms with E-state index in [2.05, 4.69) is 21.8 Å². The van der Waals surface area contributed by atoms with E-state index in [1.807, 2.05) is 19.1 Å². The van der Waals surface area contributed by atoms with Gasteiger partial charge in [-0.05, 0) is 24.6 Å². The fourth-order valence-electron chi connectivity index (χ4n) is 4.05. The number of aromatic nitrogens is 4. The molecule has 5 rings (SSSR count). The summed E-state index contributed by atoms with van der Waals surface area (Å²) in [7, 11) is 0. The number of aromatic amines is 1. The number of hydrogen-bond acceptors (Lipinski definition) is 5. The van der Waals surface area contributed by atoms with Crippen molar-refractivity contribution in [3.8, 4) is 5.69 Å². The van der Waals surface area contributed by atoms with Gasteiger partial charge in [0.05, 0.1) is 35.7 Å². The Bertz CT molecular complexity index is 1250. The van der Waals surface area contributed by atoms with Gasteiger partial charge in [0, 0.05) is 18.5 Å². The molecule has 0 unspecified atom stereocenters. The van der Waals surface area contributed by atoms with Crippen LogP contribution in [0.15, 0.2) is 42.1 Å². The monoisotopic (exact) mass is 390 g/mol. The molecule has 9 heteroatoms. The van der Waals surface area contributed by atoms with E-state index in [9.17, 15) is 14.4 Å². The number of rotatable bonds is 3. The fraction of sp³-hybridized carbons (Fsp3) is 0.250. The van der Waals surface area contributed by atoms with Gasteiger partial charge in [0.15, 0.2) is 0 Å². The summed E-state index contributed by atoms with van der Waals surface area (Å²) in [6, 6.07) is 3.67. The number of carbonyl (C=O) groups is 2. The Kier molecular flexibility index (Phi) is 3.67. The lowest BCUT2D eigenvalue weighted by molar-refractivity contribution is -0.132. The molecule has 0 aliphatic carbocycles. The van der Waals surface area contributed by atoms with Crippen molar-refractivity contribution in [2.75, 3.05) is 13.1 Å². The van der Waals surface area contributed by atoms with E-state index >= 15 is 0 Å². The third kappa shape index (κ3) is 2.43. The molecular weight excluding hydrogens is 372 g/mol. The van der Waals surface area contributed by atoms with Crippen LogP contribution in [0.3, 0.4) is 0 Å². The van der Waals surface area contributed by atoms with Crippen LogP contribution in [0, 0.1) is 6.92 Å². The first-order valence-corrected chi connectivity index (χ1v) is 9.25. The molecule has 29 heavy (non-hydrogen) atoms. The van der Waals surface area contributed by atoms with Crippen molar-refractivity contribution < 1.29 is 9.59 Å². The van der Waals surface area contributed by atoms with Crippen molar-refractivity contribution in [2.24, 2.45) is 0 Å². The van der Waals surface area contributed by atoms with Crippen LogP contribution in [-0.4, -0.2) is 60.5 Å². The topological polar surface area (TPSA) is 104 Å². The number of amides is 2. The lowest BCUT2D eigenvalue weighted by Crippen LogP contribution is -2.60. The van der Waals surface area contributed by atoms with Crippen molar-refractivity contribution in [2.45, 2.75) is 19.5 Å². The highest BCUT2D eigenvalue weighted by Gasteiger charge is 2.42. The van der Waals surface area contributed by atoms with Crippen molar-refractivity contribution in [1.82, 2.24) is 29.5 Å². The van der Waals surface area contributed by atoms with Crippen LogP contribution in [-0.2, 0) is 11.3 Å². The number of fused-ring (bicyclic) bond motifs is 2. The second-order valence-corrected chi connectivity index (χ2v) is 7.34. The zero-order valence-corrected chi connectivity index (χ0v) is 15.8. The van der Waals surface area contributed by atoms with E-state index in [1.165, 1.54) is 17.0 Å². The third-order valence-corrected chi connectivity index (χ3v) is 5.67. The highest BCUT2D eigenvalue weighted by Crippen LogP contribution is 2.27. The molecule has 2 aromatic heterocycles. The molecule has 1 fully saturated rings. The van der Waals surface area contributed by atoms with Gasteiger partial charge in [-0.25, -0.2) is 4.98 Å². The molecular formula is C20H18N6O3. The van der Waals surface area contributed by atoms with Crippen LogP contribution in [0.5, 0.6) is 0 Å². The molecule has 2 aliphatic heterocycles. The minimum absolute atomic E-state index is 0.0981. The summed E-state index contributed by atoms with van der Waals surface area (Å²) in [6.07, 6.45) is 4.39. The maximum Gasteiger partial charge on any atom is 0.271 e. The molecule has 9 nitrogen and oxygen atoms in total. The lowest BCUT2D eigenvalue weighted by atomic mass is 10.1. The highest BCUT2D eigenvalue weighted by molar-refractivity contribution is 5.98. The number of nitrogens with one attached hydrogen (secondary N) is 1. The number of benzene rings is 1. The summed E-state index contributed by atoms with van der Waals surface area (Å²) in [5.41, 5.74) is 2.52. The van der Waals surface area contributed by atoms with E-state index in [4.69, 9.17) is 0 Å². The zero-order chi connectivity index (χ0) is 20.3. The fourth-order valence-corrected chi connectivity index (χ4v) is 4.05. The van der Waals surface area contributed by atoms with Crippen LogP contribution in [0.1, 0.15) is 21.6 Å². The molecule has 0 atom stereocenters. The van der Waals surface area contributed by atoms with E-state index < -0.39 is 5.56 Å². The Morgan fingerprint density at radius 3 is 2.86 bits per heavy atom. The van der Waals surface area contributed by atoms with Crippen LogP contribution < -0.4 is 5.56 Å². The zero-order valence-electron chi connectivity index (χ0n) is 15.8. The Morgan fingerprint density at radius 1 is 1.31 bits per heavy atom. The Hall–Kier alpha value is -3.75. The largest absolute Gasteiger partial charge is 0.335 e. The maximum atomic E-state index is 13.2. The Balaban J connectivity index is 1.52. The van der Waals surface area contributed by atoms with E-state index in [-0.39, 0.29) is 30.0 Å². The summed E-state index contributed by atoms with van der Waals surface area (Å²) < 4.78 is 1.42. The lowest BCUT2D eigenvalue weighted by Gasteiger charge is -2.43. The number of H-pyrrole nitrogens is 1. The second-order valence-electron chi connectivity index (χ2n) is 7.34. The summed E-state index contributed by atoms with van der Waals surface area (Å²) in [6.45, 7) is 6.52. The summed E-state index contributed by atoms with van der Waals surface area (Å²) in [4.78, 5) is 45.6. The molecule has 0 saturated carbocycles. The quantitative estimate of drug-likeness (QED) is 0.665. The molecule has 2 amide bonds. The summed E-state index contributed by atoms with van der Waals surface area (Å²) >= 11 is 0. The second kappa shape index (κ2) is 6.13. The Labute approximate surface area is 165 Å². The van der Waals surface area contributed by atoms with Crippen molar-refractivity contribution in [3.63, 3.8) is 0 Å². The van der Waals surface area contributed by atoms with Gasteiger partial charge in [-0.15, -0.1) is 0 Å². The first kappa shape index (κ1) is 17.4. The van der Waals surface area contributed by atoms with Crippen LogP contribution >= 0.6 is 0 Å². The van der Waals surface area contributed by atoms with Gasteiger partial charge in [-0.2, -0.15) is 5.10 Å². The standard InChI is InChI=1S/C20H18N6O3/c1-3-16(27)24-7-12(8-24)25-9-15-17(19(25)28)20(29)26(10-21-15)18-11(2)4-5-14-13(18)6-22-23-14/h3-6,10,12H,1,7-9H2,2H3,(H,22,23). The van der Waals surface area contributed by atoms with Gasteiger partial charge in [0.25, 0.3) is 11.5 Å². The molecule has 0 spiro atoms. The third-order valence-electron chi connectivity index (χ3n) is 5.67. The highest BCUT2D eigenvalue weighted by atomic mass is 16.2. The van der Waals surface area contributed by atoms with Gasteiger partial charge in [0.2, 0.25) is 5.91 Å². The van der Waals surface area contributed by atoms with Gasteiger partial charge in [0.1, 0.15) is 11.9 Å². The van der Waals surface area contributed by atoms with Gasteiger partial charge in [-0.3, -0.25) is 24.0 Å². The van der Waals surface area contributed by atoms with E-state index in [0.29, 0.717) is 24.5 Å². The average Bonchev–Trinajstić information content (AvgIpc) is 3.27. The average molecular weight is 390 g/mol. The number of likely N-dealkylation sites (tertiary alicyclic amines) is 1. The molecule has 1 N–H and O–H groups in total. The smallest absolute Gasteiger partial charge is 0.271 e. The van der Waals surface area contributed by atoms with Gasteiger partial charge < -0.3 is 9.80 Å². The van der Waals surface area contributed by atoms with Crippen LogP contribution in [0.2, 0.25) is 0 Å². The van der Waals surface area contributed by atoms with Crippen LogP contribution in [0.25, 0.3) is 16.6 Å². The Morgan fingerprint density at radius 2 is 2.10 bits per heavy atom. The molecule has 1 aromatic carbocycles. The molecule has 4 heterocycles. The number of aryl methyl sites for hydroxylation is 1. The predicted octanol–water partition coefficient (Wildman–Crippen LogP) is 0.770. The summed E-state index contributed by atoms with van der Waals surface area (Å²) in [5.74, 6) is -0.492. The predicted molar refractivity (Wildman–Crippen MR) is 105 cm³/mol.